The Morgan fingerprint density at radius 3 is 2.61 bits per heavy atom. The van der Waals surface area contributed by atoms with E-state index in [-0.39, 0.29) is 6.42 Å². The van der Waals surface area contributed by atoms with Gasteiger partial charge in [-0.1, -0.05) is 0 Å². The van der Waals surface area contributed by atoms with Crippen LogP contribution in [0.15, 0.2) is 18.2 Å². The van der Waals surface area contributed by atoms with Gasteiger partial charge in [0.15, 0.2) is 4.75 Å². The molecule has 0 aromatic heterocycles. The van der Waals surface area contributed by atoms with Crippen LogP contribution in [0.25, 0.3) is 0 Å². The third-order valence-corrected chi connectivity index (χ3v) is 6.78. The Morgan fingerprint density at radius 2 is 2.00 bits per heavy atom. The third-order valence-electron chi connectivity index (χ3n) is 4.24. The highest BCUT2D eigenvalue weighted by molar-refractivity contribution is 7.91. The van der Waals surface area contributed by atoms with Crippen molar-refractivity contribution in [2.45, 2.75) is 24.5 Å². The molecule has 0 saturated carbocycles. The molecule has 7 nitrogen and oxygen atoms in total. The Labute approximate surface area is 136 Å². The second-order valence-electron chi connectivity index (χ2n) is 5.68. The number of rotatable bonds is 4. The molecule has 1 aliphatic heterocycles. The lowest BCUT2D eigenvalue weighted by Gasteiger charge is -2.36. The number of amides is 1. The van der Waals surface area contributed by atoms with E-state index in [1.165, 1.54) is 32.5 Å². The van der Waals surface area contributed by atoms with Gasteiger partial charge in [-0.05, 0) is 31.9 Å². The summed E-state index contributed by atoms with van der Waals surface area (Å²) < 4.78 is 35.1. The monoisotopic (exact) mass is 342 g/mol. The maximum Gasteiger partial charge on any atom is 0.247 e. The van der Waals surface area contributed by atoms with Crippen molar-refractivity contribution < 1.29 is 22.7 Å². The first-order chi connectivity index (χ1) is 10.8. The number of carbonyl (C=O) groups is 1. The molecule has 1 fully saturated rings. The molecule has 0 bridgehead atoms. The molecule has 1 aromatic rings. The second-order valence-corrected chi connectivity index (χ2v) is 8.16. The summed E-state index contributed by atoms with van der Waals surface area (Å²) in [6.07, 6.45) is 0.920. The number of ether oxygens (including phenoxy) is 2. The molecule has 1 aliphatic rings. The van der Waals surface area contributed by atoms with Crippen molar-refractivity contribution in [2.75, 3.05) is 33.1 Å². The average molecular weight is 342 g/mol. The molecule has 1 saturated heterocycles. The Balaban J connectivity index is 2.32. The number of anilines is 1. The minimum absolute atomic E-state index is 0.282. The number of nitrogens with zero attached hydrogens (tertiary/aromatic N) is 1. The zero-order valence-corrected chi connectivity index (χ0v) is 14.6. The molecule has 1 atom stereocenters. The molecule has 8 heteroatoms. The van der Waals surface area contributed by atoms with Gasteiger partial charge in [0.1, 0.15) is 11.5 Å². The van der Waals surface area contributed by atoms with Crippen molar-refractivity contribution in [3.8, 4) is 11.5 Å². The van der Waals surface area contributed by atoms with Crippen LogP contribution in [0, 0.1) is 0 Å². The normalized spacial score (nSPS) is 24.0. The zero-order valence-electron chi connectivity index (χ0n) is 13.8. The molecule has 1 N–H and O–H groups in total. The number of nitrogens with one attached hydrogen (secondary N) is 1. The highest BCUT2D eigenvalue weighted by Crippen LogP contribution is 2.34. The highest BCUT2D eigenvalue weighted by Gasteiger charge is 2.50. The molecular weight excluding hydrogens is 320 g/mol. The molecule has 0 radical (unpaired) electrons. The minimum Gasteiger partial charge on any atom is -0.497 e. The molecule has 2 rings (SSSR count). The van der Waals surface area contributed by atoms with Crippen LogP contribution in [0.1, 0.15) is 19.8 Å². The van der Waals surface area contributed by atoms with Crippen molar-refractivity contribution in [3.05, 3.63) is 18.2 Å². The first-order valence-electron chi connectivity index (χ1n) is 7.25. The average Bonchev–Trinajstić information content (AvgIpc) is 2.53. The zero-order chi connectivity index (χ0) is 17.3. The summed E-state index contributed by atoms with van der Waals surface area (Å²) in [6.45, 7) is 1.89. The van der Waals surface area contributed by atoms with Gasteiger partial charge in [0.25, 0.3) is 0 Å². The maximum atomic E-state index is 12.7. The van der Waals surface area contributed by atoms with Crippen LogP contribution in [0.4, 0.5) is 5.69 Å². The molecular formula is C15H22N2O5S. The Bertz CT molecular complexity index is 704. The van der Waals surface area contributed by atoms with Gasteiger partial charge in [0, 0.05) is 19.7 Å². The fourth-order valence-corrected chi connectivity index (χ4v) is 4.36. The molecule has 23 heavy (non-hydrogen) atoms. The molecule has 0 aliphatic carbocycles. The van der Waals surface area contributed by atoms with E-state index in [2.05, 4.69) is 5.32 Å². The fraction of sp³-hybridized carbons (Fsp3) is 0.533. The predicted molar refractivity (Wildman–Crippen MR) is 87.4 cm³/mol. The van der Waals surface area contributed by atoms with E-state index in [4.69, 9.17) is 9.47 Å². The molecule has 1 amide bonds. The van der Waals surface area contributed by atoms with Gasteiger partial charge in [0.2, 0.25) is 15.9 Å². The van der Waals surface area contributed by atoms with E-state index in [9.17, 15) is 13.2 Å². The quantitative estimate of drug-likeness (QED) is 0.895. The summed E-state index contributed by atoms with van der Waals surface area (Å²) in [5.74, 6) is 0.423. The number of hydrogen-bond donors (Lipinski definition) is 1. The highest BCUT2D eigenvalue weighted by atomic mass is 32.2. The lowest BCUT2D eigenvalue weighted by Crippen LogP contribution is -2.56. The number of hydrogen-bond acceptors (Lipinski definition) is 5. The lowest BCUT2D eigenvalue weighted by atomic mass is 10.0. The number of methoxy groups -OCH3 is 2. The van der Waals surface area contributed by atoms with Crippen LogP contribution < -0.4 is 14.8 Å². The molecule has 0 unspecified atom stereocenters. The smallest absolute Gasteiger partial charge is 0.247 e. The Hall–Kier alpha value is -1.80. The third kappa shape index (κ3) is 3.00. The number of carbonyl (C=O) groups excluding carboxylic acids is 1. The molecule has 128 valence electrons. The van der Waals surface area contributed by atoms with Crippen LogP contribution in [0.5, 0.6) is 11.5 Å². The summed E-state index contributed by atoms with van der Waals surface area (Å²) >= 11 is 0. The largest absolute Gasteiger partial charge is 0.497 e. The predicted octanol–water partition coefficient (Wildman–Crippen LogP) is 1.46. The van der Waals surface area contributed by atoms with Crippen molar-refractivity contribution in [1.29, 1.82) is 0 Å². The van der Waals surface area contributed by atoms with E-state index < -0.39 is 20.7 Å². The van der Waals surface area contributed by atoms with Gasteiger partial charge in [-0.15, -0.1) is 0 Å². The van der Waals surface area contributed by atoms with Crippen LogP contribution in [-0.4, -0.2) is 51.2 Å². The fourth-order valence-electron chi connectivity index (χ4n) is 2.62. The van der Waals surface area contributed by atoms with Crippen molar-refractivity contribution >= 4 is 21.6 Å². The minimum atomic E-state index is -3.70. The summed E-state index contributed by atoms with van der Waals surface area (Å²) in [7, 11) is 0.792. The number of sulfonamides is 1. The van der Waals surface area contributed by atoms with Gasteiger partial charge >= 0.3 is 0 Å². The Morgan fingerprint density at radius 1 is 1.30 bits per heavy atom. The van der Waals surface area contributed by atoms with Crippen molar-refractivity contribution in [2.24, 2.45) is 0 Å². The van der Waals surface area contributed by atoms with E-state index >= 15 is 0 Å². The van der Waals surface area contributed by atoms with Crippen molar-refractivity contribution in [1.82, 2.24) is 4.31 Å². The standard InChI is InChI=1S/C15H22N2O5S/c1-15(8-5-9-17(2)23(15,19)20)14(18)16-12-7-6-11(21-3)10-13(12)22-4/h6-7,10H,5,8-9H2,1-4H3,(H,16,18)/t15-/m0/s1. The summed E-state index contributed by atoms with van der Waals surface area (Å²) in [5, 5.41) is 2.67. The van der Waals surface area contributed by atoms with Crippen molar-refractivity contribution in [3.63, 3.8) is 0 Å². The van der Waals surface area contributed by atoms with E-state index in [1.54, 1.807) is 18.2 Å². The van der Waals surface area contributed by atoms with Gasteiger partial charge in [-0.2, -0.15) is 0 Å². The number of benzene rings is 1. The molecule has 1 heterocycles. The summed E-state index contributed by atoms with van der Waals surface area (Å²) in [5.41, 5.74) is 0.406. The Kier molecular flexibility index (Phi) is 4.86. The summed E-state index contributed by atoms with van der Waals surface area (Å²) in [4.78, 5) is 12.7. The van der Waals surface area contributed by atoms with E-state index in [0.717, 1.165) is 0 Å². The van der Waals surface area contributed by atoms with Gasteiger partial charge < -0.3 is 14.8 Å². The van der Waals surface area contributed by atoms with Gasteiger partial charge in [-0.25, -0.2) is 12.7 Å². The maximum absolute atomic E-state index is 12.7. The molecule has 1 aromatic carbocycles. The first-order valence-corrected chi connectivity index (χ1v) is 8.69. The summed E-state index contributed by atoms with van der Waals surface area (Å²) in [6, 6.07) is 4.92. The van der Waals surface area contributed by atoms with Crippen LogP contribution >= 0.6 is 0 Å². The lowest BCUT2D eigenvalue weighted by molar-refractivity contribution is -0.118. The SMILES string of the molecule is COc1ccc(NC(=O)[C@]2(C)CCCN(C)S2(=O)=O)c(OC)c1. The molecule has 0 spiro atoms. The van der Waals surface area contributed by atoms with E-state index in [0.29, 0.717) is 30.2 Å². The van der Waals surface area contributed by atoms with E-state index in [1.807, 2.05) is 0 Å². The van der Waals surface area contributed by atoms with Crippen LogP contribution in [0.3, 0.4) is 0 Å². The van der Waals surface area contributed by atoms with Gasteiger partial charge in [0.05, 0.1) is 19.9 Å². The second kappa shape index (κ2) is 6.37. The van der Waals surface area contributed by atoms with Crippen LogP contribution in [0.2, 0.25) is 0 Å². The topological polar surface area (TPSA) is 84.9 Å². The van der Waals surface area contributed by atoms with Crippen LogP contribution in [-0.2, 0) is 14.8 Å². The van der Waals surface area contributed by atoms with Gasteiger partial charge in [-0.3, -0.25) is 4.79 Å². The first kappa shape index (κ1) is 17.6.